The number of aliphatic hydroxyl groups is 1. The average Bonchev–Trinajstić information content (AvgIpc) is 2.80. The number of methoxy groups -OCH3 is 2. The fourth-order valence-electron chi connectivity index (χ4n) is 3.09. The van der Waals surface area contributed by atoms with E-state index in [4.69, 9.17) is 30.6 Å². The van der Waals surface area contributed by atoms with Crippen LogP contribution in [0.25, 0.3) is 16.6 Å². The van der Waals surface area contributed by atoms with Gasteiger partial charge in [-0.1, -0.05) is 18.6 Å². The summed E-state index contributed by atoms with van der Waals surface area (Å²) in [5.41, 5.74) is 2.08. The summed E-state index contributed by atoms with van der Waals surface area (Å²) < 4.78 is 22.3. The van der Waals surface area contributed by atoms with Crippen LogP contribution in [0.3, 0.4) is 0 Å². The molecule has 31 heavy (non-hydrogen) atoms. The molecule has 6 heteroatoms. The maximum Gasteiger partial charge on any atom is 0.195 e. The van der Waals surface area contributed by atoms with E-state index in [0.29, 0.717) is 41.9 Å². The van der Waals surface area contributed by atoms with Crippen LogP contribution in [-0.2, 0) is 0 Å². The van der Waals surface area contributed by atoms with Gasteiger partial charge in [0.05, 0.1) is 34.0 Å². The van der Waals surface area contributed by atoms with Crippen LogP contribution in [0.2, 0.25) is 0 Å². The molecule has 0 fully saturated rings. The highest BCUT2D eigenvalue weighted by Gasteiger charge is 2.10. The summed E-state index contributed by atoms with van der Waals surface area (Å²) in [6.45, 7) is 10.9. The Morgan fingerprint density at radius 3 is 2.32 bits per heavy atom. The van der Waals surface area contributed by atoms with E-state index in [1.807, 2.05) is 37.3 Å². The van der Waals surface area contributed by atoms with Gasteiger partial charge in [-0.2, -0.15) is 0 Å². The zero-order chi connectivity index (χ0) is 22.5. The average molecular weight is 426 g/mol. The molecule has 2 aromatic rings. The Hall–Kier alpha value is -3.17. The second-order valence-corrected chi connectivity index (χ2v) is 6.84. The van der Waals surface area contributed by atoms with E-state index in [2.05, 4.69) is 4.85 Å². The first kappa shape index (κ1) is 24.1. The van der Waals surface area contributed by atoms with E-state index in [1.165, 1.54) is 0 Å². The first-order valence-electron chi connectivity index (χ1n) is 10.5. The number of nitrogens with zero attached hydrogens (tertiary/aromatic N) is 1. The van der Waals surface area contributed by atoms with Crippen molar-refractivity contribution in [1.29, 1.82) is 0 Å². The lowest BCUT2D eigenvalue weighted by Gasteiger charge is -2.13. The quantitative estimate of drug-likeness (QED) is 0.263. The summed E-state index contributed by atoms with van der Waals surface area (Å²) in [6, 6.07) is 11.1. The van der Waals surface area contributed by atoms with E-state index in [0.717, 1.165) is 36.8 Å². The van der Waals surface area contributed by atoms with E-state index < -0.39 is 0 Å². The number of aliphatic hydroxyl groups excluding tert-OH is 1. The minimum absolute atomic E-state index is 0.236. The van der Waals surface area contributed by atoms with E-state index in [-0.39, 0.29) is 6.61 Å². The molecule has 0 aromatic heterocycles. The smallest absolute Gasteiger partial charge is 0.195 e. The van der Waals surface area contributed by atoms with Crippen molar-refractivity contribution in [2.75, 3.05) is 34.0 Å². The summed E-state index contributed by atoms with van der Waals surface area (Å²) in [6.07, 6.45) is 5.58. The molecule has 0 unspecified atom stereocenters. The summed E-state index contributed by atoms with van der Waals surface area (Å²) in [7, 11) is 3.15. The Balaban J connectivity index is 2.20. The second kappa shape index (κ2) is 13.2. The van der Waals surface area contributed by atoms with Crippen molar-refractivity contribution in [3.63, 3.8) is 0 Å². The Morgan fingerprint density at radius 2 is 1.65 bits per heavy atom. The first-order valence-corrected chi connectivity index (χ1v) is 10.5. The number of hydrogen-bond donors (Lipinski definition) is 1. The Bertz CT molecular complexity index is 901. The highest BCUT2D eigenvalue weighted by Crippen LogP contribution is 2.33. The highest BCUT2D eigenvalue weighted by molar-refractivity contribution is 5.86. The van der Waals surface area contributed by atoms with Crippen molar-refractivity contribution in [3.05, 3.63) is 58.9 Å². The number of hydrogen-bond acceptors (Lipinski definition) is 5. The third kappa shape index (κ3) is 7.23. The van der Waals surface area contributed by atoms with Gasteiger partial charge in [0.25, 0.3) is 0 Å². The van der Waals surface area contributed by atoms with Gasteiger partial charge < -0.3 is 24.1 Å². The molecule has 0 aliphatic rings. The van der Waals surface area contributed by atoms with Crippen molar-refractivity contribution < 1.29 is 24.1 Å². The number of benzene rings is 2. The Kier molecular flexibility index (Phi) is 10.3. The third-order valence-corrected chi connectivity index (χ3v) is 4.68. The third-order valence-electron chi connectivity index (χ3n) is 4.68. The van der Waals surface area contributed by atoms with Gasteiger partial charge in [-0.15, -0.1) is 0 Å². The van der Waals surface area contributed by atoms with Gasteiger partial charge in [0.15, 0.2) is 28.7 Å². The van der Waals surface area contributed by atoms with Crippen LogP contribution in [0.15, 0.2) is 36.4 Å². The Morgan fingerprint density at radius 1 is 0.903 bits per heavy atom. The van der Waals surface area contributed by atoms with E-state index >= 15 is 0 Å². The van der Waals surface area contributed by atoms with Crippen LogP contribution in [0, 0.1) is 6.57 Å². The van der Waals surface area contributed by atoms with Crippen LogP contribution in [0.1, 0.15) is 43.7 Å². The van der Waals surface area contributed by atoms with E-state index in [9.17, 15) is 0 Å². The molecule has 0 aliphatic heterocycles. The summed E-state index contributed by atoms with van der Waals surface area (Å²) in [5, 5.41) is 8.84. The van der Waals surface area contributed by atoms with Crippen molar-refractivity contribution in [3.8, 4) is 23.0 Å². The summed E-state index contributed by atoms with van der Waals surface area (Å²) >= 11 is 0. The van der Waals surface area contributed by atoms with Crippen molar-refractivity contribution in [1.82, 2.24) is 0 Å². The molecule has 0 heterocycles. The van der Waals surface area contributed by atoms with Gasteiger partial charge in [-0.3, -0.25) is 0 Å². The van der Waals surface area contributed by atoms with Crippen LogP contribution in [-0.4, -0.2) is 39.1 Å². The molecule has 0 aliphatic carbocycles. The molecule has 1 N–H and O–H groups in total. The van der Waals surface area contributed by atoms with E-state index in [1.54, 1.807) is 26.4 Å². The Labute approximate surface area is 184 Å². The lowest BCUT2D eigenvalue weighted by atomic mass is 10.1. The molecule has 0 atom stereocenters. The van der Waals surface area contributed by atoms with Gasteiger partial charge in [-0.25, -0.2) is 4.85 Å². The van der Waals surface area contributed by atoms with Crippen LogP contribution < -0.4 is 18.9 Å². The molecular formula is C25H31NO5. The van der Waals surface area contributed by atoms with Gasteiger partial charge in [-0.05, 0) is 67.7 Å². The standard InChI is InChI=1S/C25H31NO5/c1-5-30-25-17-19(10-12-23(25)31-15-9-7-6-8-14-27)16-21(26-2)20-11-13-22(28-3)24(18-20)29-4/h10-13,16-18,27H,5-9,14-15H2,1,3-4H3/b21-16-. The minimum Gasteiger partial charge on any atom is -0.493 e. The molecule has 2 rings (SSSR count). The van der Waals surface area contributed by atoms with Crippen molar-refractivity contribution >= 4 is 11.8 Å². The lowest BCUT2D eigenvalue weighted by molar-refractivity contribution is 0.262. The fourth-order valence-corrected chi connectivity index (χ4v) is 3.09. The van der Waals surface area contributed by atoms with Gasteiger partial charge in [0, 0.05) is 6.61 Å². The zero-order valence-corrected chi connectivity index (χ0v) is 18.5. The molecule has 6 nitrogen and oxygen atoms in total. The fraction of sp³-hybridized carbons (Fsp3) is 0.400. The highest BCUT2D eigenvalue weighted by atomic mass is 16.5. The SMILES string of the molecule is [C-]#[N+]/C(=C\c1ccc(OCCCCCCO)c(OCC)c1)c1ccc(OC)c(OC)c1. The maximum absolute atomic E-state index is 8.84. The summed E-state index contributed by atoms with van der Waals surface area (Å²) in [5.74, 6) is 2.54. The molecule has 0 spiro atoms. The summed E-state index contributed by atoms with van der Waals surface area (Å²) in [4.78, 5) is 3.69. The second-order valence-electron chi connectivity index (χ2n) is 6.84. The van der Waals surface area contributed by atoms with Crippen molar-refractivity contribution in [2.45, 2.75) is 32.6 Å². The molecule has 0 radical (unpaired) electrons. The lowest BCUT2D eigenvalue weighted by Crippen LogP contribution is -2.01. The van der Waals surface area contributed by atoms with Crippen LogP contribution >= 0.6 is 0 Å². The van der Waals surface area contributed by atoms with Gasteiger partial charge in [0.1, 0.15) is 0 Å². The largest absolute Gasteiger partial charge is 0.493 e. The first-order chi connectivity index (χ1) is 15.2. The van der Waals surface area contributed by atoms with Crippen LogP contribution in [0.4, 0.5) is 0 Å². The number of ether oxygens (including phenoxy) is 4. The molecule has 0 bridgehead atoms. The predicted molar refractivity (Wildman–Crippen MR) is 123 cm³/mol. The molecule has 0 amide bonds. The topological polar surface area (TPSA) is 61.5 Å². The maximum atomic E-state index is 8.84. The molecule has 0 saturated carbocycles. The van der Waals surface area contributed by atoms with Crippen molar-refractivity contribution in [2.24, 2.45) is 0 Å². The predicted octanol–water partition coefficient (Wildman–Crippen LogP) is 5.45. The molecule has 166 valence electrons. The van der Waals surface area contributed by atoms with Gasteiger partial charge in [0.2, 0.25) is 0 Å². The van der Waals surface area contributed by atoms with Gasteiger partial charge >= 0.3 is 0 Å². The minimum atomic E-state index is 0.236. The molecule has 0 saturated heterocycles. The molecular weight excluding hydrogens is 394 g/mol. The normalized spacial score (nSPS) is 11.0. The molecule has 2 aromatic carbocycles. The monoisotopic (exact) mass is 425 g/mol. The number of unbranched alkanes of at least 4 members (excludes halogenated alkanes) is 3. The van der Waals surface area contributed by atoms with Crippen LogP contribution in [0.5, 0.6) is 23.0 Å². The zero-order valence-electron chi connectivity index (χ0n) is 18.5. The number of rotatable bonds is 13.